The molecule has 0 aromatic heterocycles. The summed E-state index contributed by atoms with van der Waals surface area (Å²) in [6, 6.07) is 4.54. The maximum atomic E-state index is 10.7. The van der Waals surface area contributed by atoms with E-state index in [0.717, 1.165) is 13.1 Å². The molecule has 0 amide bonds. The molecule has 1 aliphatic rings. The van der Waals surface area contributed by atoms with Crippen LogP contribution in [0.5, 0.6) is 0 Å². The molecule has 0 unspecified atom stereocenters. The number of anilines is 2. The molecule has 0 atom stereocenters. The van der Waals surface area contributed by atoms with E-state index in [9.17, 15) is 10.1 Å². The van der Waals surface area contributed by atoms with Gasteiger partial charge >= 0.3 is 0 Å². The van der Waals surface area contributed by atoms with E-state index in [1.807, 2.05) is 10.4 Å². The fraction of sp³-hybridized carbons (Fsp3) is 0.250. The summed E-state index contributed by atoms with van der Waals surface area (Å²) in [6.07, 6.45) is 0. The van der Waals surface area contributed by atoms with Gasteiger partial charge in [0.1, 0.15) is 5.69 Å². The van der Waals surface area contributed by atoms with Crippen LogP contribution in [0, 0.1) is 10.1 Å². The Morgan fingerprint density at radius 1 is 1.50 bits per heavy atom. The first kappa shape index (κ1) is 8.76. The molecule has 6 heteroatoms. The summed E-state index contributed by atoms with van der Waals surface area (Å²) in [4.78, 5) is 12.1. The van der Waals surface area contributed by atoms with Crippen LogP contribution in [0.15, 0.2) is 18.2 Å². The normalized spacial score (nSPS) is 13.9. The van der Waals surface area contributed by atoms with Crippen LogP contribution in [0.2, 0.25) is 0 Å². The number of nitrogens with one attached hydrogen (secondary N) is 1. The number of nitrogens with zero attached hydrogens (tertiary/aromatic N) is 2. The summed E-state index contributed by atoms with van der Waals surface area (Å²) in [5, 5.41) is 19.3. The Morgan fingerprint density at radius 3 is 2.71 bits per heavy atom. The van der Waals surface area contributed by atoms with Gasteiger partial charge in [-0.05, 0) is 12.1 Å². The molecule has 0 spiro atoms. The van der Waals surface area contributed by atoms with Crippen molar-refractivity contribution < 1.29 is 10.1 Å². The Hall–Kier alpha value is -1.82. The highest BCUT2D eigenvalue weighted by molar-refractivity contribution is 5.70. The number of rotatable bonds is 3. The Balaban J connectivity index is 2.43. The van der Waals surface area contributed by atoms with Crippen molar-refractivity contribution >= 4 is 17.1 Å². The van der Waals surface area contributed by atoms with Crippen LogP contribution >= 0.6 is 0 Å². The first-order chi connectivity index (χ1) is 6.72. The van der Waals surface area contributed by atoms with E-state index in [1.54, 1.807) is 12.1 Å². The zero-order valence-corrected chi connectivity index (χ0v) is 7.30. The molecule has 1 heterocycles. The second-order valence-corrected chi connectivity index (χ2v) is 3.06. The maximum Gasteiger partial charge on any atom is 0.294 e. The van der Waals surface area contributed by atoms with Crippen molar-refractivity contribution in [3.63, 3.8) is 0 Å². The van der Waals surface area contributed by atoms with Crippen molar-refractivity contribution in [1.82, 2.24) is 0 Å². The van der Waals surface area contributed by atoms with E-state index >= 15 is 0 Å². The van der Waals surface area contributed by atoms with E-state index in [-0.39, 0.29) is 5.69 Å². The largest absolute Gasteiger partial charge is 0.362 e. The minimum absolute atomic E-state index is 0.0153. The molecule has 0 bridgehead atoms. The van der Waals surface area contributed by atoms with Gasteiger partial charge in [-0.1, -0.05) is 0 Å². The van der Waals surface area contributed by atoms with E-state index < -0.39 is 4.92 Å². The lowest BCUT2D eigenvalue weighted by Crippen LogP contribution is -1.99. The molecule has 1 fully saturated rings. The van der Waals surface area contributed by atoms with Crippen LogP contribution < -0.4 is 10.4 Å². The Morgan fingerprint density at radius 2 is 2.21 bits per heavy atom. The molecule has 1 aliphatic heterocycles. The van der Waals surface area contributed by atoms with E-state index in [4.69, 9.17) is 5.21 Å². The smallest absolute Gasteiger partial charge is 0.294 e. The lowest BCUT2D eigenvalue weighted by atomic mass is 10.2. The Kier molecular flexibility index (Phi) is 1.97. The molecule has 74 valence electrons. The zero-order chi connectivity index (χ0) is 10.1. The fourth-order valence-electron chi connectivity index (χ4n) is 1.30. The van der Waals surface area contributed by atoms with Gasteiger partial charge in [-0.3, -0.25) is 20.8 Å². The molecular formula is C8H9N3O3. The number of hydrogen-bond acceptors (Lipinski definition) is 5. The van der Waals surface area contributed by atoms with Gasteiger partial charge in [-0.25, -0.2) is 0 Å². The van der Waals surface area contributed by atoms with E-state index in [1.165, 1.54) is 6.07 Å². The van der Waals surface area contributed by atoms with E-state index in [0.29, 0.717) is 11.4 Å². The van der Waals surface area contributed by atoms with Crippen molar-refractivity contribution in [2.75, 3.05) is 23.5 Å². The molecule has 0 aliphatic carbocycles. The standard InChI is InChI=1S/C8H9N3O3/c12-9-6-1-2-7(10-3-4-10)8(5-6)11(13)14/h1-2,5,9,12H,3-4H2. The van der Waals surface area contributed by atoms with Gasteiger partial charge in [0.15, 0.2) is 0 Å². The van der Waals surface area contributed by atoms with Crippen molar-refractivity contribution in [3.8, 4) is 0 Å². The van der Waals surface area contributed by atoms with Crippen molar-refractivity contribution in [2.45, 2.75) is 0 Å². The van der Waals surface area contributed by atoms with Gasteiger partial charge in [0.05, 0.1) is 10.6 Å². The predicted molar refractivity (Wildman–Crippen MR) is 50.7 cm³/mol. The third-order valence-electron chi connectivity index (χ3n) is 2.09. The summed E-state index contributed by atoms with van der Waals surface area (Å²) < 4.78 is 0. The van der Waals surface area contributed by atoms with Crippen molar-refractivity contribution in [2.24, 2.45) is 0 Å². The van der Waals surface area contributed by atoms with E-state index in [2.05, 4.69) is 0 Å². The molecule has 1 saturated heterocycles. The van der Waals surface area contributed by atoms with Gasteiger partial charge in [0.25, 0.3) is 5.69 Å². The van der Waals surface area contributed by atoms with Crippen LogP contribution in [-0.2, 0) is 0 Å². The van der Waals surface area contributed by atoms with Gasteiger partial charge in [-0.2, -0.15) is 0 Å². The summed E-state index contributed by atoms with van der Waals surface area (Å²) in [5.41, 5.74) is 2.83. The van der Waals surface area contributed by atoms with Crippen LogP contribution in [0.4, 0.5) is 17.1 Å². The molecule has 14 heavy (non-hydrogen) atoms. The number of nitro groups is 1. The monoisotopic (exact) mass is 195 g/mol. The van der Waals surface area contributed by atoms with Crippen LogP contribution in [0.25, 0.3) is 0 Å². The molecule has 6 nitrogen and oxygen atoms in total. The van der Waals surface area contributed by atoms with Gasteiger partial charge in [0.2, 0.25) is 0 Å². The number of nitro benzene ring substituents is 1. The lowest BCUT2D eigenvalue weighted by molar-refractivity contribution is -0.384. The Labute approximate surface area is 79.9 Å². The summed E-state index contributed by atoms with van der Waals surface area (Å²) in [7, 11) is 0. The zero-order valence-electron chi connectivity index (χ0n) is 7.30. The predicted octanol–water partition coefficient (Wildman–Crippen LogP) is 1.22. The number of hydrogen-bond donors (Lipinski definition) is 2. The lowest BCUT2D eigenvalue weighted by Gasteiger charge is -2.05. The number of benzene rings is 1. The molecule has 0 radical (unpaired) electrons. The van der Waals surface area contributed by atoms with Crippen molar-refractivity contribution in [3.05, 3.63) is 28.3 Å². The maximum absolute atomic E-state index is 10.7. The average Bonchev–Trinajstić information content (AvgIpc) is 3.00. The summed E-state index contributed by atoms with van der Waals surface area (Å²) in [5.74, 6) is 0. The van der Waals surface area contributed by atoms with Crippen LogP contribution in [-0.4, -0.2) is 23.2 Å². The second kappa shape index (κ2) is 3.15. The minimum atomic E-state index is -0.450. The highest BCUT2D eigenvalue weighted by atomic mass is 16.6. The summed E-state index contributed by atoms with van der Waals surface area (Å²) >= 11 is 0. The average molecular weight is 195 g/mol. The molecule has 2 rings (SSSR count). The molecule has 2 N–H and O–H groups in total. The molecule has 0 saturated carbocycles. The first-order valence-electron chi connectivity index (χ1n) is 4.16. The van der Waals surface area contributed by atoms with Crippen LogP contribution in [0.1, 0.15) is 0 Å². The summed E-state index contributed by atoms with van der Waals surface area (Å²) in [6.45, 7) is 1.71. The third-order valence-corrected chi connectivity index (χ3v) is 2.09. The topological polar surface area (TPSA) is 78.4 Å². The Bertz CT molecular complexity index is 376. The first-order valence-corrected chi connectivity index (χ1v) is 4.16. The van der Waals surface area contributed by atoms with Crippen molar-refractivity contribution in [1.29, 1.82) is 0 Å². The second-order valence-electron chi connectivity index (χ2n) is 3.06. The highest BCUT2D eigenvalue weighted by Crippen LogP contribution is 2.33. The third kappa shape index (κ3) is 1.47. The van der Waals surface area contributed by atoms with Gasteiger partial charge in [0, 0.05) is 19.2 Å². The SMILES string of the molecule is O=[N+]([O-])c1cc(NO)ccc1N1CC1. The molecular weight excluding hydrogens is 186 g/mol. The highest BCUT2D eigenvalue weighted by Gasteiger charge is 2.26. The fourth-order valence-corrected chi connectivity index (χ4v) is 1.30. The van der Waals surface area contributed by atoms with Crippen LogP contribution in [0.3, 0.4) is 0 Å². The molecule has 1 aromatic rings. The van der Waals surface area contributed by atoms with Gasteiger partial charge in [-0.15, -0.1) is 0 Å². The molecule has 1 aromatic carbocycles. The quantitative estimate of drug-likeness (QED) is 0.430. The minimum Gasteiger partial charge on any atom is -0.362 e. The van der Waals surface area contributed by atoms with Gasteiger partial charge < -0.3 is 4.90 Å².